The SMILES string of the molecule is C=CC(=O)N1C[C@H](C)N(c2nc(=O)n3c4c(c(-c5ccc(F)cc5)c(C)cc24)SC[C@@H]3COCCOC)C[C@H]1C.S. The zero-order valence-corrected chi connectivity index (χ0v) is 25.7. The predicted octanol–water partition coefficient (Wildman–Crippen LogP) is 4.55. The first kappa shape index (κ1) is 31.1. The van der Waals surface area contributed by atoms with Gasteiger partial charge in [0.15, 0.2) is 0 Å². The van der Waals surface area contributed by atoms with Crippen LogP contribution >= 0.6 is 25.3 Å². The normalized spacial score (nSPS) is 20.2. The Morgan fingerprint density at radius 1 is 1.20 bits per heavy atom. The Hall–Kier alpha value is -2.86. The third kappa shape index (κ3) is 5.90. The third-order valence-corrected chi connectivity index (χ3v) is 8.96. The summed E-state index contributed by atoms with van der Waals surface area (Å²) in [6.45, 7) is 12.0. The average Bonchev–Trinajstić information content (AvgIpc) is 2.94. The van der Waals surface area contributed by atoms with Gasteiger partial charge in [-0.05, 0) is 56.2 Å². The molecule has 0 aliphatic carbocycles. The van der Waals surface area contributed by atoms with E-state index < -0.39 is 0 Å². The summed E-state index contributed by atoms with van der Waals surface area (Å²) < 4.78 is 26.6. The van der Waals surface area contributed by atoms with E-state index in [9.17, 15) is 14.0 Å². The van der Waals surface area contributed by atoms with E-state index in [1.807, 2.05) is 25.7 Å². The zero-order chi connectivity index (χ0) is 28.6. The minimum absolute atomic E-state index is 0. The lowest BCUT2D eigenvalue weighted by Gasteiger charge is -2.45. The van der Waals surface area contributed by atoms with Crippen LogP contribution in [0.25, 0.3) is 22.0 Å². The van der Waals surface area contributed by atoms with E-state index in [2.05, 4.69) is 22.5 Å². The molecule has 2 aliphatic heterocycles. The summed E-state index contributed by atoms with van der Waals surface area (Å²) in [5.74, 6) is 0.871. The lowest BCUT2D eigenvalue weighted by Crippen LogP contribution is -2.58. The molecule has 1 amide bonds. The molecule has 0 radical (unpaired) electrons. The van der Waals surface area contributed by atoms with E-state index in [0.717, 1.165) is 32.5 Å². The van der Waals surface area contributed by atoms with Crippen LogP contribution in [0.15, 0.2) is 52.7 Å². The predicted molar refractivity (Wildman–Crippen MR) is 167 cm³/mol. The number of ether oxygens (including phenoxy) is 2. The van der Waals surface area contributed by atoms with E-state index in [4.69, 9.17) is 9.47 Å². The van der Waals surface area contributed by atoms with Crippen molar-refractivity contribution in [3.8, 4) is 11.1 Å². The number of piperazine rings is 1. The van der Waals surface area contributed by atoms with Gasteiger partial charge in [0.05, 0.1) is 31.4 Å². The number of hydrogen-bond acceptors (Lipinski definition) is 7. The van der Waals surface area contributed by atoms with Crippen LogP contribution in [0.3, 0.4) is 0 Å². The number of hydrogen-bond donors (Lipinski definition) is 0. The number of anilines is 1. The highest BCUT2D eigenvalue weighted by Gasteiger charge is 2.35. The zero-order valence-electron chi connectivity index (χ0n) is 23.9. The molecule has 3 heterocycles. The molecule has 2 aromatic carbocycles. The van der Waals surface area contributed by atoms with E-state index in [1.165, 1.54) is 18.2 Å². The lowest BCUT2D eigenvalue weighted by atomic mass is 9.97. The third-order valence-electron chi connectivity index (χ3n) is 7.72. The summed E-state index contributed by atoms with van der Waals surface area (Å²) in [6.07, 6.45) is 1.35. The van der Waals surface area contributed by atoms with Gasteiger partial charge in [-0.1, -0.05) is 18.7 Å². The van der Waals surface area contributed by atoms with E-state index in [-0.39, 0.29) is 49.0 Å². The maximum Gasteiger partial charge on any atom is 0.350 e. The maximum atomic E-state index is 13.8. The minimum Gasteiger partial charge on any atom is -0.382 e. The topological polar surface area (TPSA) is 76.9 Å². The molecule has 3 aromatic rings. The highest BCUT2D eigenvalue weighted by atomic mass is 32.2. The Balaban J connectivity index is 0.00000387. The number of benzene rings is 2. The molecular weight excluding hydrogens is 563 g/mol. The van der Waals surface area contributed by atoms with Gasteiger partial charge in [-0.25, -0.2) is 9.18 Å². The second-order valence-electron chi connectivity index (χ2n) is 10.5. The molecule has 0 N–H and O–H groups in total. The molecular formula is C30H37FN4O4S2. The lowest BCUT2D eigenvalue weighted by molar-refractivity contribution is -0.128. The van der Waals surface area contributed by atoms with E-state index in [1.54, 1.807) is 35.6 Å². The molecule has 0 bridgehead atoms. The summed E-state index contributed by atoms with van der Waals surface area (Å²) in [5.41, 5.74) is 3.40. The van der Waals surface area contributed by atoms with Crippen LogP contribution in [-0.4, -0.2) is 78.2 Å². The van der Waals surface area contributed by atoms with Crippen molar-refractivity contribution in [2.75, 3.05) is 50.7 Å². The fourth-order valence-electron chi connectivity index (χ4n) is 5.74. The average molecular weight is 601 g/mol. The molecule has 3 atom stereocenters. The van der Waals surface area contributed by atoms with Crippen LogP contribution in [0.4, 0.5) is 10.2 Å². The van der Waals surface area contributed by atoms with Gasteiger partial charge in [-0.15, -0.1) is 11.8 Å². The van der Waals surface area contributed by atoms with Gasteiger partial charge < -0.3 is 19.3 Å². The standard InChI is InChI=1S/C30H35FN4O4S.H2S/c1-6-25(36)33-14-20(4)34(15-19(33)3)29-24-13-18(2)26(21-7-9-22(31)10-8-21)28-27(24)35(30(37)32-29)23(17-40-28)16-39-12-11-38-5;/h6-10,13,19-20,23H,1,11-12,14-17H2,2-5H3;1H2/t19-,20+,23+;/m1./s1. The molecule has 0 spiro atoms. The molecule has 0 saturated carbocycles. The van der Waals surface area contributed by atoms with Crippen LogP contribution in [0.5, 0.6) is 0 Å². The molecule has 1 saturated heterocycles. The summed E-state index contributed by atoms with van der Waals surface area (Å²) in [5, 5.41) is 0.884. The number of methoxy groups -OCH3 is 1. The molecule has 41 heavy (non-hydrogen) atoms. The fourth-order valence-corrected chi connectivity index (χ4v) is 7.12. The number of rotatable bonds is 8. The highest BCUT2D eigenvalue weighted by molar-refractivity contribution is 7.99. The highest BCUT2D eigenvalue weighted by Crippen LogP contribution is 2.46. The van der Waals surface area contributed by atoms with Crippen molar-refractivity contribution in [2.45, 2.75) is 43.8 Å². The van der Waals surface area contributed by atoms with Crippen molar-refractivity contribution in [2.24, 2.45) is 0 Å². The van der Waals surface area contributed by atoms with Crippen molar-refractivity contribution in [3.63, 3.8) is 0 Å². The Morgan fingerprint density at radius 3 is 2.61 bits per heavy atom. The first-order chi connectivity index (χ1) is 19.2. The number of nitrogens with zero attached hydrogens (tertiary/aromatic N) is 4. The molecule has 11 heteroatoms. The Morgan fingerprint density at radius 2 is 1.93 bits per heavy atom. The molecule has 8 nitrogen and oxygen atoms in total. The molecule has 0 unspecified atom stereocenters. The van der Waals surface area contributed by atoms with Gasteiger partial charge in [0, 0.05) is 53.9 Å². The van der Waals surface area contributed by atoms with Crippen molar-refractivity contribution >= 4 is 47.9 Å². The van der Waals surface area contributed by atoms with Gasteiger partial charge in [0.25, 0.3) is 0 Å². The van der Waals surface area contributed by atoms with Gasteiger partial charge >= 0.3 is 5.69 Å². The van der Waals surface area contributed by atoms with Crippen LogP contribution in [0.1, 0.15) is 25.5 Å². The number of thioether (sulfide) groups is 1. The summed E-state index contributed by atoms with van der Waals surface area (Å²) in [7, 11) is 1.63. The van der Waals surface area contributed by atoms with Crippen LogP contribution in [0, 0.1) is 12.7 Å². The quantitative estimate of drug-likeness (QED) is 0.278. The van der Waals surface area contributed by atoms with Gasteiger partial charge in [-0.2, -0.15) is 18.5 Å². The Labute approximate surface area is 251 Å². The second-order valence-corrected chi connectivity index (χ2v) is 11.5. The number of aromatic nitrogens is 2. The van der Waals surface area contributed by atoms with Crippen LogP contribution in [-0.2, 0) is 14.3 Å². The second kappa shape index (κ2) is 13.0. The first-order valence-corrected chi connectivity index (χ1v) is 14.5. The Kier molecular flexibility index (Phi) is 9.84. The summed E-state index contributed by atoms with van der Waals surface area (Å²) in [4.78, 5) is 35.9. The molecule has 2 aliphatic rings. The summed E-state index contributed by atoms with van der Waals surface area (Å²) >= 11 is 1.69. The van der Waals surface area contributed by atoms with Gasteiger partial charge in [0.2, 0.25) is 5.91 Å². The van der Waals surface area contributed by atoms with E-state index in [0.29, 0.717) is 44.5 Å². The number of carbonyl (C=O) groups is 1. The Bertz CT molecular complexity index is 1500. The number of carbonyl (C=O) groups excluding carboxylic acids is 1. The fraction of sp³-hybridized carbons (Fsp3) is 0.433. The smallest absolute Gasteiger partial charge is 0.350 e. The molecule has 220 valence electrons. The van der Waals surface area contributed by atoms with Gasteiger partial charge in [-0.3, -0.25) is 9.36 Å². The van der Waals surface area contributed by atoms with Crippen molar-refractivity contribution in [1.82, 2.24) is 14.5 Å². The summed E-state index contributed by atoms with van der Waals surface area (Å²) in [6, 6.07) is 8.24. The molecule has 1 fully saturated rings. The van der Waals surface area contributed by atoms with Crippen molar-refractivity contribution < 1.29 is 18.7 Å². The maximum absolute atomic E-state index is 13.8. The van der Waals surface area contributed by atoms with Gasteiger partial charge in [0.1, 0.15) is 11.6 Å². The number of halogens is 1. The molecule has 5 rings (SSSR count). The largest absolute Gasteiger partial charge is 0.382 e. The van der Waals surface area contributed by atoms with Crippen LogP contribution in [0.2, 0.25) is 0 Å². The minimum atomic E-state index is -0.331. The number of amides is 1. The van der Waals surface area contributed by atoms with Crippen molar-refractivity contribution in [1.29, 1.82) is 0 Å². The monoisotopic (exact) mass is 600 g/mol. The number of aryl methyl sites for hydroxylation is 1. The van der Waals surface area contributed by atoms with Crippen molar-refractivity contribution in [3.05, 3.63) is 64.9 Å². The molecule has 1 aromatic heterocycles. The first-order valence-electron chi connectivity index (χ1n) is 13.5. The van der Waals surface area contributed by atoms with E-state index >= 15 is 0 Å². The van der Waals surface area contributed by atoms with Crippen LogP contribution < -0.4 is 10.6 Å².